The van der Waals surface area contributed by atoms with E-state index in [-0.39, 0.29) is 17.7 Å². The fourth-order valence-corrected chi connectivity index (χ4v) is 4.09. The topological polar surface area (TPSA) is 87.2 Å². The number of hydrogen-bond donors (Lipinski definition) is 2. The zero-order chi connectivity index (χ0) is 22.1. The summed E-state index contributed by atoms with van der Waals surface area (Å²) in [4.78, 5) is 26.5. The number of thioether (sulfide) groups is 1. The number of carbonyl (C=O) groups is 2. The van der Waals surface area contributed by atoms with E-state index in [9.17, 15) is 9.59 Å². The molecule has 2 aromatic rings. The molecular formula is C23H31N5O2S. The zero-order valence-corrected chi connectivity index (χ0v) is 19.1. The van der Waals surface area contributed by atoms with E-state index in [0.717, 1.165) is 43.7 Å². The van der Waals surface area contributed by atoms with Crippen molar-refractivity contribution in [1.29, 1.82) is 0 Å². The van der Waals surface area contributed by atoms with Gasteiger partial charge < -0.3 is 15.5 Å². The lowest BCUT2D eigenvalue weighted by atomic mass is 9.97. The van der Waals surface area contributed by atoms with Crippen LogP contribution in [0.5, 0.6) is 0 Å². The molecule has 1 aliphatic heterocycles. The van der Waals surface area contributed by atoms with Crippen LogP contribution in [0.15, 0.2) is 41.4 Å². The van der Waals surface area contributed by atoms with Crippen LogP contribution in [0.25, 0.3) is 0 Å². The molecule has 2 amide bonds. The standard InChI is InChI=1S/C23H31N5O2S/c1-3-12-24-23(30)19-5-4-13-28(15-19)20-10-11-22(27-26-20)31-16-21(29)25-14-18-8-6-17(2)7-9-18/h6-11,19H,3-5,12-16H2,1-2H3,(H,24,30)(H,25,29)/t19-/m0/s1. The maximum atomic E-state index is 12.3. The Labute approximate surface area is 188 Å². The van der Waals surface area contributed by atoms with Crippen molar-refractivity contribution < 1.29 is 9.59 Å². The molecule has 1 atom stereocenters. The average molecular weight is 442 g/mol. The van der Waals surface area contributed by atoms with Crippen molar-refractivity contribution in [1.82, 2.24) is 20.8 Å². The summed E-state index contributed by atoms with van der Waals surface area (Å²) in [7, 11) is 0. The van der Waals surface area contributed by atoms with Crippen molar-refractivity contribution in [3.05, 3.63) is 47.5 Å². The second-order valence-corrected chi connectivity index (χ2v) is 8.85. The summed E-state index contributed by atoms with van der Waals surface area (Å²) in [5, 5.41) is 15.2. The van der Waals surface area contributed by atoms with Crippen LogP contribution in [0, 0.1) is 12.8 Å². The summed E-state index contributed by atoms with van der Waals surface area (Å²) in [5.41, 5.74) is 2.28. The third-order valence-electron chi connectivity index (χ3n) is 5.25. The van der Waals surface area contributed by atoms with Crippen LogP contribution in [-0.2, 0) is 16.1 Å². The molecule has 1 aromatic heterocycles. The predicted molar refractivity (Wildman–Crippen MR) is 124 cm³/mol. The molecule has 3 rings (SSSR count). The van der Waals surface area contributed by atoms with Gasteiger partial charge in [0.25, 0.3) is 0 Å². The highest BCUT2D eigenvalue weighted by atomic mass is 32.2. The molecule has 1 saturated heterocycles. The lowest BCUT2D eigenvalue weighted by Crippen LogP contribution is -2.43. The number of aryl methyl sites for hydroxylation is 1. The van der Waals surface area contributed by atoms with Gasteiger partial charge in [-0.05, 0) is 43.9 Å². The number of anilines is 1. The summed E-state index contributed by atoms with van der Waals surface area (Å²) >= 11 is 1.37. The van der Waals surface area contributed by atoms with Crippen molar-refractivity contribution in [2.75, 3.05) is 30.3 Å². The van der Waals surface area contributed by atoms with Gasteiger partial charge in [-0.15, -0.1) is 10.2 Å². The molecule has 1 aromatic carbocycles. The zero-order valence-electron chi connectivity index (χ0n) is 18.3. The molecule has 0 unspecified atom stereocenters. The van der Waals surface area contributed by atoms with E-state index in [1.54, 1.807) is 0 Å². The van der Waals surface area contributed by atoms with E-state index in [1.165, 1.54) is 17.3 Å². The van der Waals surface area contributed by atoms with Gasteiger partial charge in [0.1, 0.15) is 5.03 Å². The van der Waals surface area contributed by atoms with Crippen LogP contribution in [0.2, 0.25) is 0 Å². The largest absolute Gasteiger partial charge is 0.356 e. The Kier molecular flexibility index (Phi) is 8.70. The fourth-order valence-electron chi connectivity index (χ4n) is 3.45. The third-order valence-corrected chi connectivity index (χ3v) is 6.17. The molecule has 0 radical (unpaired) electrons. The van der Waals surface area contributed by atoms with Gasteiger partial charge >= 0.3 is 0 Å². The number of nitrogens with one attached hydrogen (secondary N) is 2. The quantitative estimate of drug-likeness (QED) is 0.582. The normalized spacial score (nSPS) is 16.1. The lowest BCUT2D eigenvalue weighted by Gasteiger charge is -2.32. The Bertz CT molecular complexity index is 857. The highest BCUT2D eigenvalue weighted by Gasteiger charge is 2.26. The van der Waals surface area contributed by atoms with E-state index in [2.05, 4.69) is 32.7 Å². The van der Waals surface area contributed by atoms with E-state index < -0.39 is 0 Å². The molecular weight excluding hydrogens is 410 g/mol. The molecule has 8 heteroatoms. The Morgan fingerprint density at radius 2 is 1.94 bits per heavy atom. The van der Waals surface area contributed by atoms with Gasteiger partial charge in [0.05, 0.1) is 11.7 Å². The van der Waals surface area contributed by atoms with Crippen LogP contribution < -0.4 is 15.5 Å². The van der Waals surface area contributed by atoms with Gasteiger partial charge in [0.2, 0.25) is 11.8 Å². The molecule has 1 fully saturated rings. The highest BCUT2D eigenvalue weighted by molar-refractivity contribution is 7.99. The summed E-state index contributed by atoms with van der Waals surface area (Å²) in [6, 6.07) is 11.9. The fraction of sp³-hybridized carbons (Fsp3) is 0.478. The second kappa shape index (κ2) is 11.7. The van der Waals surface area contributed by atoms with E-state index >= 15 is 0 Å². The molecule has 166 valence electrons. The lowest BCUT2D eigenvalue weighted by molar-refractivity contribution is -0.125. The minimum absolute atomic E-state index is 0.00613. The minimum Gasteiger partial charge on any atom is -0.356 e. The Hall–Kier alpha value is -2.61. The van der Waals surface area contributed by atoms with Crippen molar-refractivity contribution in [2.24, 2.45) is 5.92 Å². The van der Waals surface area contributed by atoms with Crippen molar-refractivity contribution in [3.8, 4) is 0 Å². The maximum Gasteiger partial charge on any atom is 0.230 e. The van der Waals surface area contributed by atoms with E-state index in [1.807, 2.05) is 43.3 Å². The Morgan fingerprint density at radius 3 is 2.65 bits per heavy atom. The molecule has 0 bridgehead atoms. The van der Waals surface area contributed by atoms with Crippen LogP contribution in [0.1, 0.15) is 37.3 Å². The van der Waals surface area contributed by atoms with Gasteiger partial charge in [-0.25, -0.2) is 0 Å². The van der Waals surface area contributed by atoms with Crippen molar-refractivity contribution >= 4 is 29.4 Å². The van der Waals surface area contributed by atoms with Crippen LogP contribution in [-0.4, -0.2) is 47.4 Å². The smallest absolute Gasteiger partial charge is 0.230 e. The first-order valence-electron chi connectivity index (χ1n) is 10.9. The van der Waals surface area contributed by atoms with E-state index in [0.29, 0.717) is 23.9 Å². The molecule has 0 spiro atoms. The van der Waals surface area contributed by atoms with Crippen LogP contribution >= 0.6 is 11.8 Å². The highest BCUT2D eigenvalue weighted by Crippen LogP contribution is 2.23. The van der Waals surface area contributed by atoms with Crippen molar-refractivity contribution in [2.45, 2.75) is 44.7 Å². The number of nitrogens with zero attached hydrogens (tertiary/aromatic N) is 3. The first-order valence-corrected chi connectivity index (χ1v) is 11.8. The first-order chi connectivity index (χ1) is 15.0. The van der Waals surface area contributed by atoms with Gasteiger partial charge in [-0.3, -0.25) is 9.59 Å². The Balaban J connectivity index is 1.44. The van der Waals surface area contributed by atoms with Crippen LogP contribution in [0.3, 0.4) is 0 Å². The number of rotatable bonds is 9. The molecule has 1 aliphatic rings. The van der Waals surface area contributed by atoms with Gasteiger partial charge in [0.15, 0.2) is 5.82 Å². The molecule has 2 N–H and O–H groups in total. The number of benzene rings is 1. The van der Waals surface area contributed by atoms with Crippen molar-refractivity contribution in [3.63, 3.8) is 0 Å². The summed E-state index contributed by atoms with van der Waals surface area (Å²) < 4.78 is 0. The minimum atomic E-state index is -0.0339. The summed E-state index contributed by atoms with van der Waals surface area (Å²) in [6.45, 7) is 6.87. The van der Waals surface area contributed by atoms with Gasteiger partial charge in [-0.1, -0.05) is 48.5 Å². The SMILES string of the molecule is CCCNC(=O)[C@H]1CCCN(c2ccc(SCC(=O)NCc3ccc(C)cc3)nn2)C1. The number of amides is 2. The van der Waals surface area contributed by atoms with Gasteiger partial charge in [0, 0.05) is 26.2 Å². The molecule has 2 heterocycles. The third kappa shape index (κ3) is 7.24. The second-order valence-electron chi connectivity index (χ2n) is 7.86. The van der Waals surface area contributed by atoms with Crippen LogP contribution in [0.4, 0.5) is 5.82 Å². The number of carbonyl (C=O) groups excluding carboxylic acids is 2. The maximum absolute atomic E-state index is 12.3. The monoisotopic (exact) mass is 441 g/mol. The average Bonchev–Trinajstić information content (AvgIpc) is 2.81. The summed E-state index contributed by atoms with van der Waals surface area (Å²) in [5.74, 6) is 1.16. The van der Waals surface area contributed by atoms with E-state index in [4.69, 9.17) is 0 Å². The first kappa shape index (κ1) is 23.1. The molecule has 31 heavy (non-hydrogen) atoms. The summed E-state index contributed by atoms with van der Waals surface area (Å²) in [6.07, 6.45) is 2.81. The Morgan fingerprint density at radius 1 is 1.13 bits per heavy atom. The predicted octanol–water partition coefficient (Wildman–Crippen LogP) is 2.94. The molecule has 0 saturated carbocycles. The number of hydrogen-bond acceptors (Lipinski definition) is 6. The number of aromatic nitrogens is 2. The number of piperidine rings is 1. The van der Waals surface area contributed by atoms with Gasteiger partial charge in [-0.2, -0.15) is 0 Å². The molecule has 0 aliphatic carbocycles. The molecule has 7 nitrogen and oxygen atoms in total.